The van der Waals surface area contributed by atoms with E-state index >= 15 is 0 Å². The summed E-state index contributed by atoms with van der Waals surface area (Å²) >= 11 is 0. The Labute approximate surface area is 59.1 Å². The fourth-order valence-corrected chi connectivity index (χ4v) is 0.657. The van der Waals surface area contributed by atoms with Crippen molar-refractivity contribution in [3.05, 3.63) is 0 Å². The van der Waals surface area contributed by atoms with Crippen LogP contribution in [0.5, 0.6) is 0 Å². The van der Waals surface area contributed by atoms with Gasteiger partial charge in [0.25, 0.3) is 5.79 Å². The summed E-state index contributed by atoms with van der Waals surface area (Å²) < 4.78 is 0. The number of aliphatic carboxylic acids is 1. The number of hydrogen-bond acceptors (Lipinski definition) is 3. The molecular weight excluding hydrogens is 136 g/mol. The average Bonchev–Trinajstić information content (AvgIpc) is 1.60. The largest absolute Gasteiger partial charge is 0.477 e. The van der Waals surface area contributed by atoms with Crippen LogP contribution >= 0.6 is 0 Å². The normalized spacial score (nSPS) is 12.1. The minimum absolute atomic E-state index is 0.0499. The Morgan fingerprint density at radius 3 is 2.00 bits per heavy atom. The summed E-state index contributed by atoms with van der Waals surface area (Å²) in [4.78, 5) is 10.1. The number of rotatable bonds is 3. The lowest BCUT2D eigenvalue weighted by Crippen LogP contribution is -2.39. The van der Waals surface area contributed by atoms with Crippen LogP contribution in [0.3, 0.4) is 0 Å². The fraction of sp³-hybridized carbons (Fsp3) is 0.833. The minimum Gasteiger partial charge on any atom is -0.477 e. The molecule has 0 radical (unpaired) electrons. The van der Waals surface area contributed by atoms with Crippen molar-refractivity contribution in [2.24, 2.45) is 5.92 Å². The van der Waals surface area contributed by atoms with Gasteiger partial charge in [0.1, 0.15) is 0 Å². The molecule has 0 aromatic rings. The van der Waals surface area contributed by atoms with Crippen molar-refractivity contribution in [1.29, 1.82) is 0 Å². The van der Waals surface area contributed by atoms with Crippen LogP contribution in [0, 0.1) is 5.92 Å². The molecule has 0 fully saturated rings. The Morgan fingerprint density at radius 1 is 1.50 bits per heavy atom. The molecule has 0 unspecified atom stereocenters. The van der Waals surface area contributed by atoms with Gasteiger partial charge in [0.15, 0.2) is 0 Å². The van der Waals surface area contributed by atoms with Crippen LogP contribution in [0.15, 0.2) is 0 Å². The van der Waals surface area contributed by atoms with Gasteiger partial charge < -0.3 is 15.3 Å². The maximum absolute atomic E-state index is 10.1. The molecule has 0 amide bonds. The molecule has 0 saturated heterocycles. The van der Waals surface area contributed by atoms with E-state index in [4.69, 9.17) is 15.3 Å². The molecule has 4 nitrogen and oxygen atoms in total. The predicted molar refractivity (Wildman–Crippen MR) is 34.3 cm³/mol. The van der Waals surface area contributed by atoms with Crippen molar-refractivity contribution in [2.45, 2.75) is 26.1 Å². The first-order valence-electron chi connectivity index (χ1n) is 3.04. The Bertz CT molecular complexity index is 128. The van der Waals surface area contributed by atoms with Gasteiger partial charge in [-0.1, -0.05) is 13.8 Å². The van der Waals surface area contributed by atoms with E-state index in [1.54, 1.807) is 13.8 Å². The monoisotopic (exact) mass is 148 g/mol. The maximum atomic E-state index is 10.1. The van der Waals surface area contributed by atoms with Crippen LogP contribution < -0.4 is 0 Å². The van der Waals surface area contributed by atoms with Crippen LogP contribution in [0.2, 0.25) is 0 Å². The van der Waals surface area contributed by atoms with E-state index in [1.807, 2.05) is 0 Å². The number of carbonyl (C=O) groups is 1. The van der Waals surface area contributed by atoms with Crippen LogP contribution in [-0.2, 0) is 4.79 Å². The smallest absolute Gasteiger partial charge is 0.364 e. The van der Waals surface area contributed by atoms with E-state index in [0.29, 0.717) is 0 Å². The van der Waals surface area contributed by atoms with Crippen LogP contribution in [-0.4, -0.2) is 27.1 Å². The van der Waals surface area contributed by atoms with Crippen molar-refractivity contribution < 1.29 is 20.1 Å². The Balaban J connectivity index is 4.00. The van der Waals surface area contributed by atoms with Crippen molar-refractivity contribution in [1.82, 2.24) is 0 Å². The van der Waals surface area contributed by atoms with Gasteiger partial charge in [0.2, 0.25) is 0 Å². The van der Waals surface area contributed by atoms with Crippen molar-refractivity contribution in [2.75, 3.05) is 0 Å². The third-order valence-corrected chi connectivity index (χ3v) is 1.04. The average molecular weight is 148 g/mol. The lowest BCUT2D eigenvalue weighted by atomic mass is 10.0. The van der Waals surface area contributed by atoms with Crippen LogP contribution in [0.25, 0.3) is 0 Å². The highest BCUT2D eigenvalue weighted by molar-refractivity contribution is 5.74. The summed E-state index contributed by atoms with van der Waals surface area (Å²) in [6.45, 7) is 3.42. The second-order valence-electron chi connectivity index (χ2n) is 2.72. The van der Waals surface area contributed by atoms with Gasteiger partial charge in [-0.05, 0) is 5.92 Å². The van der Waals surface area contributed by atoms with Gasteiger partial charge in [-0.25, -0.2) is 4.79 Å². The number of carboxylic acid groups (broad SMARTS) is 1. The van der Waals surface area contributed by atoms with E-state index in [0.717, 1.165) is 0 Å². The summed E-state index contributed by atoms with van der Waals surface area (Å²) in [5.74, 6) is -4.21. The number of hydrogen-bond donors (Lipinski definition) is 3. The molecule has 0 heterocycles. The molecule has 0 bridgehead atoms. The molecule has 0 aliphatic rings. The Kier molecular flexibility index (Phi) is 2.80. The topological polar surface area (TPSA) is 77.8 Å². The van der Waals surface area contributed by atoms with Crippen LogP contribution in [0.1, 0.15) is 20.3 Å². The second kappa shape index (κ2) is 2.98. The molecule has 0 aromatic carbocycles. The minimum atomic E-state index is -2.56. The van der Waals surface area contributed by atoms with Crippen molar-refractivity contribution in [3.63, 3.8) is 0 Å². The molecule has 0 aliphatic carbocycles. The molecule has 3 N–H and O–H groups in total. The summed E-state index contributed by atoms with van der Waals surface area (Å²) in [7, 11) is 0. The first-order valence-corrected chi connectivity index (χ1v) is 3.04. The molecule has 0 saturated carbocycles. The van der Waals surface area contributed by atoms with E-state index < -0.39 is 11.8 Å². The molecule has 0 aliphatic heterocycles. The summed E-state index contributed by atoms with van der Waals surface area (Å²) in [6.07, 6.45) is -0.150. The quantitative estimate of drug-likeness (QED) is 0.484. The summed E-state index contributed by atoms with van der Waals surface area (Å²) in [5, 5.41) is 25.6. The highest BCUT2D eigenvalue weighted by Crippen LogP contribution is 2.13. The number of carboxylic acids is 1. The van der Waals surface area contributed by atoms with E-state index in [1.165, 1.54) is 0 Å². The molecule has 0 spiro atoms. The third-order valence-electron chi connectivity index (χ3n) is 1.04. The fourth-order valence-electron chi connectivity index (χ4n) is 0.657. The lowest BCUT2D eigenvalue weighted by Gasteiger charge is -2.17. The van der Waals surface area contributed by atoms with Crippen LogP contribution in [0.4, 0.5) is 0 Å². The van der Waals surface area contributed by atoms with E-state index in [9.17, 15) is 4.79 Å². The van der Waals surface area contributed by atoms with E-state index in [-0.39, 0.29) is 12.3 Å². The second-order valence-corrected chi connectivity index (χ2v) is 2.72. The standard InChI is InChI=1S/C6H12O4/c1-4(2)3-6(9,10)5(7)8/h4,9-10H,3H2,1-2H3,(H,7,8). The van der Waals surface area contributed by atoms with Crippen molar-refractivity contribution in [3.8, 4) is 0 Å². The lowest BCUT2D eigenvalue weighted by molar-refractivity contribution is -0.208. The van der Waals surface area contributed by atoms with Gasteiger partial charge in [-0.15, -0.1) is 0 Å². The SMILES string of the molecule is CC(C)CC(O)(O)C(=O)O. The third kappa shape index (κ3) is 2.80. The first kappa shape index (κ1) is 9.39. The maximum Gasteiger partial charge on any atom is 0.364 e. The Morgan fingerprint density at radius 2 is 1.90 bits per heavy atom. The predicted octanol–water partition coefficient (Wildman–Crippen LogP) is -0.202. The molecular formula is C6H12O4. The molecule has 4 heteroatoms. The van der Waals surface area contributed by atoms with Gasteiger partial charge >= 0.3 is 5.97 Å². The molecule has 0 aromatic heterocycles. The van der Waals surface area contributed by atoms with Gasteiger partial charge in [0.05, 0.1) is 0 Å². The highest BCUT2D eigenvalue weighted by Gasteiger charge is 2.33. The van der Waals surface area contributed by atoms with Gasteiger partial charge in [-0.3, -0.25) is 0 Å². The first-order chi connectivity index (χ1) is 4.36. The molecule has 0 atom stereocenters. The molecule has 60 valence electrons. The van der Waals surface area contributed by atoms with Gasteiger partial charge in [0, 0.05) is 6.42 Å². The zero-order valence-electron chi connectivity index (χ0n) is 6.03. The molecule has 0 rings (SSSR count). The van der Waals surface area contributed by atoms with Crippen molar-refractivity contribution >= 4 is 5.97 Å². The summed E-state index contributed by atoms with van der Waals surface area (Å²) in [6, 6.07) is 0. The Hall–Kier alpha value is -0.610. The summed E-state index contributed by atoms with van der Waals surface area (Å²) in [5.41, 5.74) is 0. The van der Waals surface area contributed by atoms with E-state index in [2.05, 4.69) is 0 Å². The zero-order chi connectivity index (χ0) is 8.36. The number of aliphatic hydroxyl groups is 2. The highest BCUT2D eigenvalue weighted by atomic mass is 16.5. The van der Waals surface area contributed by atoms with Gasteiger partial charge in [-0.2, -0.15) is 0 Å². The molecule has 10 heavy (non-hydrogen) atoms. The zero-order valence-corrected chi connectivity index (χ0v) is 6.03.